The van der Waals surface area contributed by atoms with Gasteiger partial charge in [-0.15, -0.1) is 0 Å². The third kappa shape index (κ3) is 4.71. The van der Waals surface area contributed by atoms with Crippen molar-refractivity contribution in [3.05, 3.63) is 0 Å². The molecule has 0 amide bonds. The van der Waals surface area contributed by atoms with Gasteiger partial charge in [0, 0.05) is 18.5 Å². The molecule has 3 nitrogen and oxygen atoms in total. The molecule has 0 aromatic rings. The van der Waals surface area contributed by atoms with Gasteiger partial charge in [0.25, 0.3) is 0 Å². The Balaban J connectivity index is 1.87. The summed E-state index contributed by atoms with van der Waals surface area (Å²) < 4.78 is 5.89. The summed E-state index contributed by atoms with van der Waals surface area (Å²) in [7, 11) is 0. The van der Waals surface area contributed by atoms with Gasteiger partial charge >= 0.3 is 0 Å². The minimum atomic E-state index is -0.0714. The molecule has 0 radical (unpaired) electrons. The van der Waals surface area contributed by atoms with Crippen molar-refractivity contribution >= 4 is 0 Å². The molecule has 1 aliphatic carbocycles. The molecule has 2 aliphatic rings. The third-order valence-electron chi connectivity index (χ3n) is 4.85. The van der Waals surface area contributed by atoms with Crippen LogP contribution in [0.3, 0.4) is 0 Å². The van der Waals surface area contributed by atoms with Crippen LogP contribution in [0.25, 0.3) is 0 Å². The summed E-state index contributed by atoms with van der Waals surface area (Å²) in [5.41, 5.74) is -0.0460. The van der Waals surface area contributed by atoms with E-state index in [2.05, 4.69) is 25.7 Å². The number of rotatable bonds is 4. The number of likely N-dealkylation sites (tertiary alicyclic amines) is 1. The van der Waals surface area contributed by atoms with E-state index in [1.807, 2.05) is 0 Å². The van der Waals surface area contributed by atoms with Crippen molar-refractivity contribution in [2.24, 2.45) is 5.92 Å². The Labute approximate surface area is 124 Å². The Hall–Kier alpha value is -0.120. The Morgan fingerprint density at radius 1 is 1.05 bits per heavy atom. The first-order valence-electron chi connectivity index (χ1n) is 8.53. The summed E-state index contributed by atoms with van der Waals surface area (Å²) in [6, 6.07) is 0.586. The lowest BCUT2D eigenvalue weighted by atomic mass is 9.78. The molecule has 3 heteroatoms. The van der Waals surface area contributed by atoms with Crippen LogP contribution in [0.5, 0.6) is 0 Å². The topological polar surface area (TPSA) is 32.7 Å². The molecule has 0 aromatic heterocycles. The van der Waals surface area contributed by atoms with Gasteiger partial charge < -0.3 is 9.84 Å². The molecule has 3 atom stereocenters. The maximum atomic E-state index is 10.3. The van der Waals surface area contributed by atoms with Crippen LogP contribution >= 0.6 is 0 Å². The number of aliphatic hydroxyl groups is 1. The number of piperidine rings is 1. The second-order valence-electron chi connectivity index (χ2n) is 7.58. The molecule has 118 valence electrons. The van der Waals surface area contributed by atoms with E-state index in [1.165, 1.54) is 45.1 Å². The minimum Gasteiger partial charge on any atom is -0.393 e. The summed E-state index contributed by atoms with van der Waals surface area (Å²) in [6.45, 7) is 9.36. The predicted octanol–water partition coefficient (Wildman–Crippen LogP) is 3.21. The predicted molar refractivity (Wildman–Crippen MR) is 82.9 cm³/mol. The molecule has 0 bridgehead atoms. The lowest BCUT2D eigenvalue weighted by Gasteiger charge is -2.44. The summed E-state index contributed by atoms with van der Waals surface area (Å²) in [5.74, 6) is 0.499. The van der Waals surface area contributed by atoms with Crippen LogP contribution in [-0.4, -0.2) is 47.4 Å². The van der Waals surface area contributed by atoms with Crippen molar-refractivity contribution in [3.63, 3.8) is 0 Å². The summed E-state index contributed by atoms with van der Waals surface area (Å²) >= 11 is 0. The monoisotopic (exact) mass is 283 g/mol. The number of nitrogens with zero attached hydrogens (tertiary/aromatic N) is 1. The fourth-order valence-corrected chi connectivity index (χ4v) is 3.84. The summed E-state index contributed by atoms with van der Waals surface area (Å²) in [6.07, 6.45) is 8.53. The van der Waals surface area contributed by atoms with E-state index in [-0.39, 0.29) is 11.7 Å². The van der Waals surface area contributed by atoms with E-state index in [9.17, 15) is 5.11 Å². The SMILES string of the molecule is CC(C)(C)OCCN1CCCCC1C1CCCCC1O. The molecule has 0 aromatic carbocycles. The molecule has 1 N–H and O–H groups in total. The first kappa shape index (κ1) is 16.3. The molecule has 1 heterocycles. The first-order chi connectivity index (χ1) is 9.47. The highest BCUT2D eigenvalue weighted by Gasteiger charge is 2.35. The van der Waals surface area contributed by atoms with Crippen LogP contribution in [0.2, 0.25) is 0 Å². The van der Waals surface area contributed by atoms with Crippen LogP contribution in [0.4, 0.5) is 0 Å². The van der Waals surface area contributed by atoms with Crippen molar-refractivity contribution < 1.29 is 9.84 Å². The molecular weight excluding hydrogens is 250 g/mol. The fraction of sp³-hybridized carbons (Fsp3) is 1.00. The Kier molecular flexibility index (Phi) is 5.88. The van der Waals surface area contributed by atoms with Crippen LogP contribution in [0.15, 0.2) is 0 Å². The average Bonchev–Trinajstić information content (AvgIpc) is 2.39. The molecule has 2 rings (SSSR count). The van der Waals surface area contributed by atoms with Gasteiger partial charge in [0.05, 0.1) is 18.3 Å². The van der Waals surface area contributed by atoms with Crippen LogP contribution in [-0.2, 0) is 4.74 Å². The average molecular weight is 283 g/mol. The smallest absolute Gasteiger partial charge is 0.0600 e. The van der Waals surface area contributed by atoms with E-state index in [4.69, 9.17) is 4.74 Å². The van der Waals surface area contributed by atoms with E-state index in [1.54, 1.807) is 0 Å². The van der Waals surface area contributed by atoms with Gasteiger partial charge in [-0.05, 0) is 53.0 Å². The van der Waals surface area contributed by atoms with Gasteiger partial charge in [0.2, 0.25) is 0 Å². The molecule has 0 spiro atoms. The zero-order chi connectivity index (χ0) is 14.6. The highest BCUT2D eigenvalue weighted by Crippen LogP contribution is 2.33. The zero-order valence-electron chi connectivity index (χ0n) is 13.6. The Morgan fingerprint density at radius 3 is 2.45 bits per heavy atom. The number of ether oxygens (including phenoxy) is 1. The quantitative estimate of drug-likeness (QED) is 0.860. The first-order valence-corrected chi connectivity index (χ1v) is 8.53. The van der Waals surface area contributed by atoms with Gasteiger partial charge in [-0.1, -0.05) is 19.3 Å². The van der Waals surface area contributed by atoms with Crippen molar-refractivity contribution in [1.29, 1.82) is 0 Å². The van der Waals surface area contributed by atoms with Gasteiger partial charge in [-0.25, -0.2) is 0 Å². The number of hydrogen-bond donors (Lipinski definition) is 1. The lowest BCUT2D eigenvalue weighted by Crippen LogP contribution is -2.50. The van der Waals surface area contributed by atoms with Crippen molar-refractivity contribution in [2.45, 2.75) is 83.5 Å². The van der Waals surface area contributed by atoms with Gasteiger partial charge in [0.15, 0.2) is 0 Å². The van der Waals surface area contributed by atoms with Crippen molar-refractivity contribution in [2.75, 3.05) is 19.7 Å². The van der Waals surface area contributed by atoms with Crippen LogP contribution in [0, 0.1) is 5.92 Å². The van der Waals surface area contributed by atoms with Gasteiger partial charge in [-0.2, -0.15) is 0 Å². The minimum absolute atomic E-state index is 0.0460. The van der Waals surface area contributed by atoms with E-state index in [0.29, 0.717) is 12.0 Å². The highest BCUT2D eigenvalue weighted by atomic mass is 16.5. The van der Waals surface area contributed by atoms with E-state index in [0.717, 1.165) is 19.6 Å². The van der Waals surface area contributed by atoms with Gasteiger partial charge in [-0.3, -0.25) is 4.90 Å². The lowest BCUT2D eigenvalue weighted by molar-refractivity contribution is -0.0429. The number of aliphatic hydroxyl groups excluding tert-OH is 1. The second kappa shape index (κ2) is 7.24. The maximum absolute atomic E-state index is 10.3. The van der Waals surface area contributed by atoms with E-state index < -0.39 is 0 Å². The van der Waals surface area contributed by atoms with Crippen molar-refractivity contribution in [3.8, 4) is 0 Å². The van der Waals surface area contributed by atoms with Crippen LogP contribution in [0.1, 0.15) is 65.7 Å². The molecule has 3 unspecified atom stereocenters. The maximum Gasteiger partial charge on any atom is 0.0600 e. The van der Waals surface area contributed by atoms with Gasteiger partial charge in [0.1, 0.15) is 0 Å². The molecule has 1 aliphatic heterocycles. The molecular formula is C17H33NO2. The standard InChI is InChI=1S/C17H33NO2/c1-17(2,3)20-13-12-18-11-7-6-9-15(18)14-8-4-5-10-16(14)19/h14-16,19H,4-13H2,1-3H3. The third-order valence-corrected chi connectivity index (χ3v) is 4.85. The highest BCUT2D eigenvalue weighted by molar-refractivity contribution is 4.89. The zero-order valence-corrected chi connectivity index (χ0v) is 13.6. The molecule has 20 heavy (non-hydrogen) atoms. The summed E-state index contributed by atoms with van der Waals surface area (Å²) in [5, 5.41) is 10.3. The molecule has 1 saturated heterocycles. The normalized spacial score (nSPS) is 33.3. The Morgan fingerprint density at radius 2 is 1.75 bits per heavy atom. The Bertz CT molecular complexity index is 287. The second-order valence-corrected chi connectivity index (χ2v) is 7.58. The summed E-state index contributed by atoms with van der Waals surface area (Å²) in [4.78, 5) is 2.59. The van der Waals surface area contributed by atoms with E-state index >= 15 is 0 Å². The largest absolute Gasteiger partial charge is 0.393 e. The number of hydrogen-bond acceptors (Lipinski definition) is 3. The van der Waals surface area contributed by atoms with Crippen molar-refractivity contribution in [1.82, 2.24) is 4.90 Å². The molecule has 1 saturated carbocycles. The molecule has 2 fully saturated rings. The fourth-order valence-electron chi connectivity index (χ4n) is 3.84. The van der Waals surface area contributed by atoms with Crippen LogP contribution < -0.4 is 0 Å².